The maximum Gasteiger partial charge on any atom is 0.255 e. The molecule has 0 aliphatic carbocycles. The summed E-state index contributed by atoms with van der Waals surface area (Å²) in [6.07, 6.45) is 1.69. The molecule has 3 heterocycles. The molecule has 5 nitrogen and oxygen atoms in total. The van der Waals surface area contributed by atoms with Crippen molar-refractivity contribution in [1.82, 2.24) is 9.88 Å². The standard InChI is InChI=1S/C15H18F2N2O3/c16-15(17)4-6-19(7-5-15)14(20)11-1-2-13(18-9-11)22-12-3-8-21-10-12/h1-2,9,12H,3-8,10H2. The van der Waals surface area contributed by atoms with Crippen LogP contribution < -0.4 is 4.74 Å². The number of hydrogen-bond acceptors (Lipinski definition) is 4. The summed E-state index contributed by atoms with van der Waals surface area (Å²) >= 11 is 0. The van der Waals surface area contributed by atoms with E-state index in [9.17, 15) is 13.6 Å². The topological polar surface area (TPSA) is 51.7 Å². The maximum absolute atomic E-state index is 13.1. The highest BCUT2D eigenvalue weighted by molar-refractivity contribution is 5.94. The molecule has 0 saturated carbocycles. The summed E-state index contributed by atoms with van der Waals surface area (Å²) in [6, 6.07) is 3.25. The van der Waals surface area contributed by atoms with Crippen LogP contribution in [0.5, 0.6) is 5.88 Å². The first-order valence-corrected chi connectivity index (χ1v) is 7.41. The molecule has 2 saturated heterocycles. The van der Waals surface area contributed by atoms with E-state index in [-0.39, 0.29) is 37.9 Å². The lowest BCUT2D eigenvalue weighted by Gasteiger charge is -2.31. The third-order valence-corrected chi connectivity index (χ3v) is 3.94. The van der Waals surface area contributed by atoms with Gasteiger partial charge in [-0.15, -0.1) is 0 Å². The average molecular weight is 312 g/mol. The van der Waals surface area contributed by atoms with Gasteiger partial charge in [0, 0.05) is 44.6 Å². The molecule has 22 heavy (non-hydrogen) atoms. The number of piperidine rings is 1. The molecule has 7 heteroatoms. The Hall–Kier alpha value is -1.76. The van der Waals surface area contributed by atoms with Gasteiger partial charge < -0.3 is 14.4 Å². The van der Waals surface area contributed by atoms with Crippen LogP contribution in [-0.2, 0) is 4.74 Å². The number of nitrogens with zero attached hydrogens (tertiary/aromatic N) is 2. The van der Waals surface area contributed by atoms with Gasteiger partial charge in [-0.1, -0.05) is 0 Å². The maximum atomic E-state index is 13.1. The Morgan fingerprint density at radius 1 is 1.36 bits per heavy atom. The van der Waals surface area contributed by atoms with Crippen LogP contribution >= 0.6 is 0 Å². The van der Waals surface area contributed by atoms with E-state index >= 15 is 0 Å². The molecule has 1 aromatic heterocycles. The largest absolute Gasteiger partial charge is 0.472 e. The molecule has 2 aliphatic heterocycles. The molecule has 0 bridgehead atoms. The number of amides is 1. The highest BCUT2D eigenvalue weighted by Gasteiger charge is 2.35. The fourth-order valence-electron chi connectivity index (χ4n) is 2.57. The van der Waals surface area contributed by atoms with Crippen molar-refractivity contribution in [2.45, 2.75) is 31.3 Å². The molecule has 0 N–H and O–H groups in total. The van der Waals surface area contributed by atoms with Gasteiger partial charge >= 0.3 is 0 Å². The molecule has 0 radical (unpaired) electrons. The van der Waals surface area contributed by atoms with Crippen molar-refractivity contribution in [2.24, 2.45) is 0 Å². The van der Waals surface area contributed by atoms with Gasteiger partial charge in [0.2, 0.25) is 5.88 Å². The molecule has 120 valence electrons. The minimum Gasteiger partial charge on any atom is -0.472 e. The van der Waals surface area contributed by atoms with Crippen molar-refractivity contribution < 1.29 is 23.0 Å². The summed E-state index contributed by atoms with van der Waals surface area (Å²) in [4.78, 5) is 17.8. The summed E-state index contributed by atoms with van der Waals surface area (Å²) in [7, 11) is 0. The lowest BCUT2D eigenvalue weighted by Crippen LogP contribution is -2.42. The van der Waals surface area contributed by atoms with Crippen molar-refractivity contribution in [3.8, 4) is 5.88 Å². The molecule has 1 unspecified atom stereocenters. The van der Waals surface area contributed by atoms with Crippen molar-refractivity contribution in [1.29, 1.82) is 0 Å². The van der Waals surface area contributed by atoms with E-state index in [2.05, 4.69) is 4.98 Å². The molecule has 2 aliphatic rings. The van der Waals surface area contributed by atoms with Crippen molar-refractivity contribution in [2.75, 3.05) is 26.3 Å². The zero-order chi connectivity index (χ0) is 15.6. The molecule has 0 spiro atoms. The zero-order valence-corrected chi connectivity index (χ0v) is 12.1. The first-order valence-electron chi connectivity index (χ1n) is 7.41. The van der Waals surface area contributed by atoms with Gasteiger partial charge in [0.15, 0.2) is 0 Å². The van der Waals surface area contributed by atoms with E-state index < -0.39 is 5.92 Å². The van der Waals surface area contributed by atoms with Crippen LogP contribution in [0.3, 0.4) is 0 Å². The molecule has 1 aromatic rings. The number of rotatable bonds is 3. The number of hydrogen-bond donors (Lipinski definition) is 0. The van der Waals surface area contributed by atoms with Crippen LogP contribution in [0.25, 0.3) is 0 Å². The highest BCUT2D eigenvalue weighted by Crippen LogP contribution is 2.28. The van der Waals surface area contributed by atoms with Gasteiger partial charge in [-0.05, 0) is 6.07 Å². The van der Waals surface area contributed by atoms with Gasteiger partial charge in [-0.25, -0.2) is 13.8 Å². The fraction of sp³-hybridized carbons (Fsp3) is 0.600. The number of ether oxygens (including phenoxy) is 2. The van der Waals surface area contributed by atoms with Crippen LogP contribution in [0.2, 0.25) is 0 Å². The second kappa shape index (κ2) is 6.16. The van der Waals surface area contributed by atoms with E-state index in [0.717, 1.165) is 6.42 Å². The molecular formula is C15H18F2N2O3. The van der Waals surface area contributed by atoms with Crippen LogP contribution in [0, 0.1) is 0 Å². The molecule has 1 amide bonds. The Balaban J connectivity index is 1.59. The summed E-state index contributed by atoms with van der Waals surface area (Å²) in [6.45, 7) is 1.37. The summed E-state index contributed by atoms with van der Waals surface area (Å²) in [5, 5.41) is 0. The fourth-order valence-corrected chi connectivity index (χ4v) is 2.57. The Morgan fingerprint density at radius 3 is 2.73 bits per heavy atom. The minimum absolute atomic E-state index is 0.00150. The van der Waals surface area contributed by atoms with Crippen molar-refractivity contribution in [3.63, 3.8) is 0 Å². The monoisotopic (exact) mass is 312 g/mol. The number of carbonyl (C=O) groups excluding carboxylic acids is 1. The summed E-state index contributed by atoms with van der Waals surface area (Å²) in [5.74, 6) is -2.48. The van der Waals surface area contributed by atoms with Crippen molar-refractivity contribution in [3.05, 3.63) is 23.9 Å². The second-order valence-corrected chi connectivity index (χ2v) is 5.64. The van der Waals surface area contributed by atoms with Gasteiger partial charge in [0.25, 0.3) is 11.8 Å². The number of alkyl halides is 2. The average Bonchev–Trinajstić information content (AvgIpc) is 3.00. The third-order valence-electron chi connectivity index (χ3n) is 3.94. The number of likely N-dealkylation sites (tertiary alicyclic amines) is 1. The summed E-state index contributed by atoms with van der Waals surface area (Å²) in [5.41, 5.74) is 0.389. The lowest BCUT2D eigenvalue weighted by atomic mass is 10.1. The molecule has 3 rings (SSSR count). The minimum atomic E-state index is -2.66. The second-order valence-electron chi connectivity index (χ2n) is 5.64. The van der Waals surface area contributed by atoms with Crippen LogP contribution in [0.15, 0.2) is 18.3 Å². The Labute approximate surface area is 127 Å². The molecular weight excluding hydrogens is 294 g/mol. The predicted molar refractivity (Wildman–Crippen MR) is 74.2 cm³/mol. The van der Waals surface area contributed by atoms with E-state index in [0.29, 0.717) is 24.7 Å². The Bertz CT molecular complexity index is 520. The number of carbonyl (C=O) groups is 1. The van der Waals surface area contributed by atoms with Gasteiger partial charge in [-0.2, -0.15) is 0 Å². The SMILES string of the molecule is O=C(c1ccc(OC2CCOC2)nc1)N1CCC(F)(F)CC1. The van der Waals surface area contributed by atoms with Gasteiger partial charge in [-0.3, -0.25) is 4.79 Å². The highest BCUT2D eigenvalue weighted by atomic mass is 19.3. The van der Waals surface area contributed by atoms with Crippen LogP contribution in [-0.4, -0.2) is 54.1 Å². The quantitative estimate of drug-likeness (QED) is 0.858. The first-order chi connectivity index (χ1) is 10.5. The Morgan fingerprint density at radius 2 is 2.14 bits per heavy atom. The van der Waals surface area contributed by atoms with E-state index in [1.54, 1.807) is 12.1 Å². The van der Waals surface area contributed by atoms with Crippen LogP contribution in [0.1, 0.15) is 29.6 Å². The number of aromatic nitrogens is 1. The zero-order valence-electron chi connectivity index (χ0n) is 12.1. The first kappa shape index (κ1) is 15.1. The molecule has 1 atom stereocenters. The summed E-state index contributed by atoms with van der Waals surface area (Å²) < 4.78 is 37.1. The van der Waals surface area contributed by atoms with E-state index in [1.165, 1.54) is 11.1 Å². The van der Waals surface area contributed by atoms with Crippen LogP contribution in [0.4, 0.5) is 8.78 Å². The lowest BCUT2D eigenvalue weighted by molar-refractivity contribution is -0.0494. The molecule has 2 fully saturated rings. The number of halogens is 2. The number of pyridine rings is 1. The normalized spacial score (nSPS) is 24.3. The third kappa shape index (κ3) is 3.52. The predicted octanol–water partition coefficient (Wildman–Crippen LogP) is 2.12. The van der Waals surface area contributed by atoms with E-state index in [4.69, 9.17) is 9.47 Å². The van der Waals surface area contributed by atoms with Gasteiger partial charge in [0.05, 0.1) is 18.8 Å². The smallest absolute Gasteiger partial charge is 0.255 e. The van der Waals surface area contributed by atoms with Gasteiger partial charge in [0.1, 0.15) is 6.10 Å². The van der Waals surface area contributed by atoms with E-state index in [1.807, 2.05) is 0 Å². The van der Waals surface area contributed by atoms with Crippen molar-refractivity contribution >= 4 is 5.91 Å². The molecule has 0 aromatic carbocycles. The Kier molecular flexibility index (Phi) is 4.24.